The number of carbonyl (C=O) groups excluding carboxylic acids is 1. The summed E-state index contributed by atoms with van der Waals surface area (Å²) < 4.78 is 29.3. The molecule has 0 radical (unpaired) electrons. The molecule has 1 amide bonds. The molecule has 0 spiro atoms. The van der Waals surface area contributed by atoms with E-state index in [0.717, 1.165) is 15.6 Å². The van der Waals surface area contributed by atoms with Crippen molar-refractivity contribution in [3.05, 3.63) is 99.5 Å². The van der Waals surface area contributed by atoms with Crippen LogP contribution in [0.5, 0.6) is 0 Å². The number of amides is 1. The van der Waals surface area contributed by atoms with E-state index in [0.29, 0.717) is 5.02 Å². The Morgan fingerprint density at radius 2 is 1.58 bits per heavy atom. The van der Waals surface area contributed by atoms with Crippen LogP contribution in [0.25, 0.3) is 0 Å². The van der Waals surface area contributed by atoms with E-state index in [1.165, 1.54) is 24.3 Å². The average molecular weight is 522 g/mol. The van der Waals surface area contributed by atoms with Gasteiger partial charge in [-0.05, 0) is 60.9 Å². The second-order valence-electron chi connectivity index (χ2n) is 7.10. The molecule has 0 aliphatic carbocycles. The first-order chi connectivity index (χ1) is 14.7. The molecule has 0 bridgehead atoms. The minimum atomic E-state index is -3.92. The first-order valence-electron chi connectivity index (χ1n) is 9.62. The number of benzene rings is 3. The van der Waals surface area contributed by atoms with E-state index in [4.69, 9.17) is 11.6 Å². The van der Waals surface area contributed by atoms with Crippen molar-refractivity contribution in [3.8, 4) is 0 Å². The minimum absolute atomic E-state index is 0.0451. The van der Waals surface area contributed by atoms with E-state index in [-0.39, 0.29) is 17.4 Å². The molecule has 3 aromatic rings. The lowest BCUT2D eigenvalue weighted by molar-refractivity contribution is -0.123. The Morgan fingerprint density at radius 1 is 0.968 bits per heavy atom. The molecular weight excluding hydrogens is 500 g/mol. The maximum Gasteiger partial charge on any atom is 0.241 e. The second kappa shape index (κ2) is 10.4. The topological polar surface area (TPSA) is 75.3 Å². The highest BCUT2D eigenvalue weighted by atomic mass is 79.9. The number of hydrogen-bond donors (Lipinski definition) is 2. The number of nitrogens with one attached hydrogen (secondary N) is 2. The summed E-state index contributed by atoms with van der Waals surface area (Å²) >= 11 is 9.26. The molecule has 0 saturated heterocycles. The lowest BCUT2D eigenvalue weighted by Crippen LogP contribution is -2.48. The SMILES string of the molecule is C[C@H](NC(=O)[C@@H](Cc1ccccc1)NS(=O)(=O)c1ccc(Cl)cc1)c1ccc(Br)cc1. The molecule has 0 heterocycles. The summed E-state index contributed by atoms with van der Waals surface area (Å²) in [6.45, 7) is 1.86. The average Bonchev–Trinajstić information content (AvgIpc) is 2.74. The summed E-state index contributed by atoms with van der Waals surface area (Å²) in [5.74, 6) is -0.406. The number of sulfonamides is 1. The van der Waals surface area contributed by atoms with Crippen LogP contribution in [0.2, 0.25) is 5.02 Å². The van der Waals surface area contributed by atoms with Crippen LogP contribution in [0.3, 0.4) is 0 Å². The van der Waals surface area contributed by atoms with E-state index in [1.54, 1.807) is 0 Å². The zero-order valence-electron chi connectivity index (χ0n) is 16.8. The molecular formula is C23H22BrClN2O3S. The largest absolute Gasteiger partial charge is 0.348 e. The van der Waals surface area contributed by atoms with Crippen molar-refractivity contribution in [2.75, 3.05) is 0 Å². The van der Waals surface area contributed by atoms with Crippen LogP contribution < -0.4 is 10.0 Å². The standard InChI is InChI=1S/C23H22BrClN2O3S/c1-16(18-7-9-19(24)10-8-18)26-23(28)22(15-17-5-3-2-4-6-17)27-31(29,30)21-13-11-20(25)12-14-21/h2-14,16,22,27H,15H2,1H3,(H,26,28)/t16-,22+/m0/s1. The normalized spacial score (nSPS) is 13.4. The van der Waals surface area contributed by atoms with Crippen LogP contribution in [0.4, 0.5) is 0 Å². The first-order valence-corrected chi connectivity index (χ1v) is 12.3. The smallest absolute Gasteiger partial charge is 0.241 e. The zero-order valence-corrected chi connectivity index (χ0v) is 19.9. The lowest BCUT2D eigenvalue weighted by Gasteiger charge is -2.22. The monoisotopic (exact) mass is 520 g/mol. The van der Waals surface area contributed by atoms with Crippen molar-refractivity contribution in [2.45, 2.75) is 30.3 Å². The predicted octanol–water partition coefficient (Wildman–Crippen LogP) is 4.87. The fraction of sp³-hybridized carbons (Fsp3) is 0.174. The van der Waals surface area contributed by atoms with Gasteiger partial charge in [-0.15, -0.1) is 0 Å². The molecule has 162 valence electrons. The van der Waals surface area contributed by atoms with Crippen LogP contribution in [0.15, 0.2) is 88.2 Å². The van der Waals surface area contributed by atoms with Crippen molar-refractivity contribution in [1.29, 1.82) is 0 Å². The van der Waals surface area contributed by atoms with Gasteiger partial charge in [-0.25, -0.2) is 8.42 Å². The predicted molar refractivity (Wildman–Crippen MR) is 126 cm³/mol. The Hall–Kier alpha value is -2.19. The molecule has 31 heavy (non-hydrogen) atoms. The van der Waals surface area contributed by atoms with Gasteiger partial charge in [0.2, 0.25) is 15.9 Å². The van der Waals surface area contributed by atoms with Gasteiger partial charge in [0.05, 0.1) is 10.9 Å². The molecule has 5 nitrogen and oxygen atoms in total. The fourth-order valence-electron chi connectivity index (χ4n) is 3.06. The molecule has 2 N–H and O–H groups in total. The summed E-state index contributed by atoms with van der Waals surface area (Å²) in [7, 11) is -3.92. The highest BCUT2D eigenvalue weighted by molar-refractivity contribution is 9.10. The molecule has 2 atom stereocenters. The van der Waals surface area contributed by atoms with E-state index < -0.39 is 22.0 Å². The Bertz CT molecular complexity index is 1120. The van der Waals surface area contributed by atoms with Crippen molar-refractivity contribution < 1.29 is 13.2 Å². The molecule has 0 fully saturated rings. The Morgan fingerprint density at radius 3 is 2.19 bits per heavy atom. The van der Waals surface area contributed by atoms with Gasteiger partial charge >= 0.3 is 0 Å². The van der Waals surface area contributed by atoms with Gasteiger partial charge in [-0.3, -0.25) is 4.79 Å². The molecule has 8 heteroatoms. The number of rotatable bonds is 8. The number of carbonyl (C=O) groups is 1. The maximum absolute atomic E-state index is 13.1. The van der Waals surface area contributed by atoms with Gasteiger partial charge in [0.25, 0.3) is 0 Å². The molecule has 0 unspecified atom stereocenters. The Balaban J connectivity index is 1.82. The molecule has 0 aromatic heterocycles. The third kappa shape index (κ3) is 6.64. The van der Waals surface area contributed by atoms with Gasteiger partial charge in [0.15, 0.2) is 0 Å². The van der Waals surface area contributed by atoms with Gasteiger partial charge in [0.1, 0.15) is 6.04 Å². The van der Waals surface area contributed by atoms with Gasteiger partial charge in [0, 0.05) is 9.50 Å². The molecule has 0 aliphatic heterocycles. The summed E-state index contributed by atoms with van der Waals surface area (Å²) in [4.78, 5) is 13.1. The fourth-order valence-corrected chi connectivity index (χ4v) is 4.64. The summed E-state index contributed by atoms with van der Waals surface area (Å²) in [5.41, 5.74) is 1.76. The molecule has 3 aromatic carbocycles. The van der Waals surface area contributed by atoms with E-state index in [2.05, 4.69) is 26.0 Å². The van der Waals surface area contributed by atoms with Crippen molar-refractivity contribution in [2.24, 2.45) is 0 Å². The third-order valence-electron chi connectivity index (χ3n) is 4.75. The van der Waals surface area contributed by atoms with Gasteiger partial charge < -0.3 is 5.32 Å². The Labute approximate surface area is 196 Å². The van der Waals surface area contributed by atoms with Crippen LogP contribution in [-0.2, 0) is 21.2 Å². The minimum Gasteiger partial charge on any atom is -0.348 e. The first kappa shape index (κ1) is 23.5. The van der Waals surface area contributed by atoms with Gasteiger partial charge in [-0.1, -0.05) is 70.0 Å². The van der Waals surface area contributed by atoms with Crippen LogP contribution in [-0.4, -0.2) is 20.4 Å². The van der Waals surface area contributed by atoms with Gasteiger partial charge in [-0.2, -0.15) is 4.72 Å². The lowest BCUT2D eigenvalue weighted by atomic mass is 10.0. The van der Waals surface area contributed by atoms with Crippen LogP contribution in [0, 0.1) is 0 Å². The molecule has 0 saturated carbocycles. The van der Waals surface area contributed by atoms with E-state index >= 15 is 0 Å². The Kier molecular flexibility index (Phi) is 7.89. The molecule has 3 rings (SSSR count). The second-order valence-corrected chi connectivity index (χ2v) is 10.2. The highest BCUT2D eigenvalue weighted by Crippen LogP contribution is 2.18. The highest BCUT2D eigenvalue weighted by Gasteiger charge is 2.27. The maximum atomic E-state index is 13.1. The number of halogens is 2. The summed E-state index contributed by atoms with van der Waals surface area (Å²) in [6, 6.07) is 21.4. The van der Waals surface area contributed by atoms with Crippen molar-refractivity contribution in [3.63, 3.8) is 0 Å². The van der Waals surface area contributed by atoms with E-state index in [9.17, 15) is 13.2 Å². The van der Waals surface area contributed by atoms with Crippen LogP contribution >= 0.6 is 27.5 Å². The van der Waals surface area contributed by atoms with E-state index in [1.807, 2.05) is 61.5 Å². The number of hydrogen-bond acceptors (Lipinski definition) is 3. The summed E-state index contributed by atoms with van der Waals surface area (Å²) in [5, 5.41) is 3.35. The van der Waals surface area contributed by atoms with Crippen molar-refractivity contribution >= 4 is 43.5 Å². The summed E-state index contributed by atoms with van der Waals surface area (Å²) in [6.07, 6.45) is 0.215. The zero-order chi connectivity index (χ0) is 22.4. The molecule has 0 aliphatic rings. The van der Waals surface area contributed by atoms with Crippen molar-refractivity contribution in [1.82, 2.24) is 10.0 Å². The third-order valence-corrected chi connectivity index (χ3v) is 7.02. The van der Waals surface area contributed by atoms with Crippen LogP contribution in [0.1, 0.15) is 24.1 Å². The quantitative estimate of drug-likeness (QED) is 0.444.